The fraction of sp³-hybridized carbons (Fsp3) is 0.111. The molecule has 2 aromatic rings. The van der Waals surface area contributed by atoms with Crippen molar-refractivity contribution in [3.8, 4) is 0 Å². The number of hydrogen-bond donors (Lipinski definition) is 0. The summed E-state index contributed by atoms with van der Waals surface area (Å²) in [6, 6.07) is 13.4. The number of benzene rings is 2. The summed E-state index contributed by atoms with van der Waals surface area (Å²) in [4.78, 5) is 0. The van der Waals surface area contributed by atoms with Crippen LogP contribution in [0.1, 0.15) is 22.1 Å². The molecule has 0 bridgehead atoms. The zero-order valence-electron chi connectivity index (χ0n) is 18.2. The van der Waals surface area contributed by atoms with Gasteiger partial charge in [0.15, 0.2) is 0 Å². The lowest BCUT2D eigenvalue weighted by Crippen LogP contribution is -1.90. The lowest BCUT2D eigenvalue weighted by molar-refractivity contribution is 0.195. The molecular formula is C18H18O. The monoisotopic (exact) mass is 258 g/mol. The SMILES string of the molecule is [2H]/C(=C(/[2H])C([2H])([2H])OC([2H])([2H])/C([2H])=C(\[2H])c1ccccc1)c1ccccc1. The van der Waals surface area contributed by atoms with Crippen molar-refractivity contribution in [3.63, 3.8) is 0 Å². The highest BCUT2D eigenvalue weighted by atomic mass is 16.5. The Morgan fingerprint density at radius 1 is 0.789 bits per heavy atom. The third kappa shape index (κ3) is 5.36. The quantitative estimate of drug-likeness (QED) is 0.744. The maximum absolute atomic E-state index is 7.96. The molecule has 0 atom stereocenters. The summed E-state index contributed by atoms with van der Waals surface area (Å²) in [7, 11) is 0. The Morgan fingerprint density at radius 3 is 1.63 bits per heavy atom. The summed E-state index contributed by atoms with van der Waals surface area (Å²) >= 11 is 0. The van der Waals surface area contributed by atoms with Crippen LogP contribution in [0.2, 0.25) is 0 Å². The second kappa shape index (κ2) is 8.06. The van der Waals surface area contributed by atoms with E-state index in [1.807, 2.05) is 0 Å². The van der Waals surface area contributed by atoms with E-state index >= 15 is 0 Å². The van der Waals surface area contributed by atoms with Crippen LogP contribution in [0.25, 0.3) is 12.1 Å². The van der Waals surface area contributed by atoms with Crippen molar-refractivity contribution in [1.29, 1.82) is 0 Å². The third-order valence-corrected chi connectivity index (χ3v) is 2.17. The maximum Gasteiger partial charge on any atom is 0.0655 e. The molecule has 0 fully saturated rings. The molecule has 0 N–H and O–H groups in total. The summed E-state index contributed by atoms with van der Waals surface area (Å²) in [6.45, 7) is -5.95. The summed E-state index contributed by atoms with van der Waals surface area (Å²) in [5.74, 6) is 0. The predicted octanol–water partition coefficient (Wildman–Crippen LogP) is 4.43. The molecule has 1 nitrogen and oxygen atoms in total. The number of rotatable bonds is 6. The zero-order chi connectivity index (χ0) is 20.2. The topological polar surface area (TPSA) is 9.23 Å². The van der Waals surface area contributed by atoms with Gasteiger partial charge in [0.2, 0.25) is 0 Å². The molecule has 0 aliphatic carbocycles. The molecular weight excluding hydrogens is 232 g/mol. The van der Waals surface area contributed by atoms with Crippen molar-refractivity contribution in [2.24, 2.45) is 0 Å². The Kier molecular flexibility index (Phi) is 2.70. The van der Waals surface area contributed by atoms with Crippen LogP contribution in [0.3, 0.4) is 0 Å². The lowest BCUT2D eigenvalue weighted by atomic mass is 10.2. The highest BCUT2D eigenvalue weighted by Gasteiger charge is 1.84. The summed E-state index contributed by atoms with van der Waals surface area (Å²) in [6.07, 6.45) is 0. The molecule has 0 heterocycles. The first-order valence-corrected chi connectivity index (χ1v) is 5.73. The van der Waals surface area contributed by atoms with E-state index in [0.29, 0.717) is 0 Å². The molecule has 0 amide bonds. The van der Waals surface area contributed by atoms with Gasteiger partial charge in [-0.25, -0.2) is 0 Å². The van der Waals surface area contributed by atoms with Crippen LogP contribution >= 0.6 is 0 Å². The molecule has 0 saturated heterocycles. The molecule has 0 aromatic heterocycles. The van der Waals surface area contributed by atoms with Gasteiger partial charge in [0, 0.05) is 0 Å². The van der Waals surface area contributed by atoms with E-state index < -0.39 is 37.3 Å². The first-order valence-electron chi connectivity index (χ1n) is 9.73. The van der Waals surface area contributed by atoms with Crippen molar-refractivity contribution in [2.75, 3.05) is 13.1 Å². The molecule has 0 unspecified atom stereocenters. The fourth-order valence-corrected chi connectivity index (χ4v) is 1.31. The van der Waals surface area contributed by atoms with Gasteiger partial charge in [-0.05, 0) is 11.1 Å². The first kappa shape index (κ1) is 6.36. The van der Waals surface area contributed by atoms with Crippen LogP contribution in [0, 0.1) is 0 Å². The molecule has 0 aliphatic rings. The Bertz CT molecular complexity index is 773. The summed E-state index contributed by atoms with van der Waals surface area (Å²) in [5.41, 5.74) is 0.560. The van der Waals surface area contributed by atoms with Crippen LogP contribution in [0.4, 0.5) is 0 Å². The van der Waals surface area contributed by atoms with Crippen molar-refractivity contribution in [3.05, 3.63) is 83.9 Å². The predicted molar refractivity (Wildman–Crippen MR) is 81.8 cm³/mol. The van der Waals surface area contributed by atoms with Crippen molar-refractivity contribution >= 4 is 12.1 Å². The third-order valence-electron chi connectivity index (χ3n) is 2.17. The minimum absolute atomic E-state index is 0.280. The smallest absolute Gasteiger partial charge is 0.0655 e. The van der Waals surface area contributed by atoms with E-state index in [2.05, 4.69) is 0 Å². The van der Waals surface area contributed by atoms with Crippen LogP contribution in [-0.2, 0) is 4.74 Å². The molecule has 0 aliphatic heterocycles. The molecule has 96 valence electrons. The summed E-state index contributed by atoms with van der Waals surface area (Å²) in [5, 5.41) is 0. The second-order valence-corrected chi connectivity index (χ2v) is 3.54. The normalized spacial score (nSPS) is 21.1. The van der Waals surface area contributed by atoms with Crippen LogP contribution < -0.4 is 0 Å². The molecule has 0 radical (unpaired) electrons. The summed E-state index contributed by atoms with van der Waals surface area (Å²) < 4.78 is 68.0. The van der Waals surface area contributed by atoms with Gasteiger partial charge in [-0.3, -0.25) is 0 Å². The first-order chi connectivity index (χ1) is 12.6. The number of hydrogen-bond acceptors (Lipinski definition) is 1. The van der Waals surface area contributed by atoms with E-state index in [1.54, 1.807) is 36.4 Å². The Hall–Kier alpha value is -2.12. The largest absolute Gasteiger partial charge is 0.373 e. The van der Waals surface area contributed by atoms with Gasteiger partial charge in [-0.1, -0.05) is 84.9 Å². The van der Waals surface area contributed by atoms with E-state index in [0.717, 1.165) is 0 Å². The molecule has 19 heavy (non-hydrogen) atoms. The van der Waals surface area contributed by atoms with E-state index in [4.69, 9.17) is 15.7 Å². The second-order valence-electron chi connectivity index (χ2n) is 3.54. The van der Waals surface area contributed by atoms with Gasteiger partial charge in [-0.2, -0.15) is 0 Å². The van der Waals surface area contributed by atoms with Gasteiger partial charge in [0.25, 0.3) is 0 Å². The average molecular weight is 258 g/mol. The van der Waals surface area contributed by atoms with E-state index in [9.17, 15) is 0 Å². The van der Waals surface area contributed by atoms with Gasteiger partial charge < -0.3 is 4.74 Å². The highest BCUT2D eigenvalue weighted by Crippen LogP contribution is 2.02. The standard InChI is InChI=1S/C18H18O/c1-3-9-17(10-4-1)13-7-15-19-16-8-14-18-11-5-2-6-12-18/h1-14H,15-16H2/b13-7+,14-8+/i7D,8D,13D,14D,15D2,16D2. The molecule has 0 spiro atoms. The van der Waals surface area contributed by atoms with Gasteiger partial charge in [0.05, 0.1) is 24.1 Å². The lowest BCUT2D eigenvalue weighted by Gasteiger charge is -1.96. The molecule has 2 aromatic carbocycles. The molecule has 0 saturated carbocycles. The van der Waals surface area contributed by atoms with Crippen molar-refractivity contribution in [2.45, 2.75) is 0 Å². The van der Waals surface area contributed by atoms with Crippen LogP contribution in [0.5, 0.6) is 0 Å². The Balaban J connectivity index is 2.35. The zero-order valence-corrected chi connectivity index (χ0v) is 10.2. The van der Waals surface area contributed by atoms with Crippen LogP contribution in [0.15, 0.2) is 72.8 Å². The molecule has 2 rings (SSSR count). The molecule has 1 heteroatoms. The average Bonchev–Trinajstić information content (AvgIpc) is 2.66. The minimum atomic E-state index is -2.97. The van der Waals surface area contributed by atoms with Gasteiger partial charge >= 0.3 is 0 Å². The van der Waals surface area contributed by atoms with Crippen LogP contribution in [-0.4, -0.2) is 13.1 Å². The maximum atomic E-state index is 7.96. The van der Waals surface area contributed by atoms with Gasteiger partial charge in [-0.15, -0.1) is 0 Å². The Morgan fingerprint density at radius 2 is 1.21 bits per heavy atom. The van der Waals surface area contributed by atoms with E-state index in [1.165, 1.54) is 24.3 Å². The van der Waals surface area contributed by atoms with Crippen molar-refractivity contribution < 1.29 is 15.7 Å². The fourth-order valence-electron chi connectivity index (χ4n) is 1.31. The Labute approximate surface area is 126 Å². The highest BCUT2D eigenvalue weighted by molar-refractivity contribution is 5.49. The van der Waals surface area contributed by atoms with Crippen molar-refractivity contribution in [1.82, 2.24) is 0 Å². The minimum Gasteiger partial charge on any atom is -0.373 e. The number of ether oxygens (including phenoxy) is 1. The van der Waals surface area contributed by atoms with Gasteiger partial charge in [0.1, 0.15) is 0 Å². The van der Waals surface area contributed by atoms with E-state index in [-0.39, 0.29) is 11.1 Å².